The van der Waals surface area contributed by atoms with Crippen molar-refractivity contribution in [3.8, 4) is 11.6 Å². The molecule has 1 amide bonds. The highest BCUT2D eigenvalue weighted by molar-refractivity contribution is 5.79. The standard InChI is InChI=1S/C23H31N5O3/c1-18-2-4-20(5-3-18)31-23-21(24-8-9-26-23)28-11-6-19(7-12-28)22(29)25-10-13-27-14-16-30-17-15-27/h2-5,8-9,19H,6-7,10-17H2,1H3,(H,25,29). The van der Waals surface area contributed by atoms with Gasteiger partial charge in [-0.3, -0.25) is 9.69 Å². The fourth-order valence-electron chi connectivity index (χ4n) is 3.98. The molecule has 8 heteroatoms. The molecule has 1 N–H and O–H groups in total. The maximum atomic E-state index is 12.6. The first-order valence-corrected chi connectivity index (χ1v) is 11.1. The molecule has 0 atom stereocenters. The molecule has 166 valence electrons. The number of aryl methyl sites for hydroxylation is 1. The molecular formula is C23H31N5O3. The SMILES string of the molecule is Cc1ccc(Oc2nccnc2N2CCC(C(=O)NCCN3CCOCC3)CC2)cc1. The molecule has 0 saturated carbocycles. The molecule has 2 aliphatic rings. The van der Waals surface area contributed by atoms with Crippen LogP contribution in [-0.2, 0) is 9.53 Å². The second kappa shape index (κ2) is 10.5. The molecule has 0 bridgehead atoms. The zero-order valence-electron chi connectivity index (χ0n) is 18.1. The number of aromatic nitrogens is 2. The van der Waals surface area contributed by atoms with Crippen LogP contribution >= 0.6 is 0 Å². The Morgan fingerprint density at radius 3 is 2.55 bits per heavy atom. The molecule has 8 nitrogen and oxygen atoms in total. The fraction of sp³-hybridized carbons (Fsp3) is 0.522. The van der Waals surface area contributed by atoms with Crippen molar-refractivity contribution in [2.45, 2.75) is 19.8 Å². The number of piperidine rings is 1. The highest BCUT2D eigenvalue weighted by atomic mass is 16.5. The Kier molecular flexibility index (Phi) is 7.32. The number of hydrogen-bond acceptors (Lipinski definition) is 7. The van der Waals surface area contributed by atoms with Crippen LogP contribution in [0.15, 0.2) is 36.7 Å². The van der Waals surface area contributed by atoms with E-state index in [0.29, 0.717) is 12.4 Å². The molecule has 31 heavy (non-hydrogen) atoms. The average molecular weight is 426 g/mol. The van der Waals surface area contributed by atoms with E-state index in [1.54, 1.807) is 12.4 Å². The molecule has 0 unspecified atom stereocenters. The van der Waals surface area contributed by atoms with E-state index in [1.807, 2.05) is 31.2 Å². The molecule has 1 aromatic heterocycles. The molecule has 0 radical (unpaired) electrons. The number of morpholine rings is 1. The van der Waals surface area contributed by atoms with E-state index in [9.17, 15) is 4.79 Å². The topological polar surface area (TPSA) is 79.8 Å². The van der Waals surface area contributed by atoms with Crippen LogP contribution in [0, 0.1) is 12.8 Å². The van der Waals surface area contributed by atoms with Gasteiger partial charge in [-0.2, -0.15) is 0 Å². The first-order chi connectivity index (χ1) is 15.2. The lowest BCUT2D eigenvalue weighted by Gasteiger charge is -2.32. The quantitative estimate of drug-likeness (QED) is 0.729. The van der Waals surface area contributed by atoms with Crippen molar-refractivity contribution in [3.63, 3.8) is 0 Å². The van der Waals surface area contributed by atoms with Gasteiger partial charge in [0.25, 0.3) is 5.88 Å². The van der Waals surface area contributed by atoms with Gasteiger partial charge >= 0.3 is 0 Å². The number of amides is 1. The van der Waals surface area contributed by atoms with Gasteiger partial charge in [-0.1, -0.05) is 17.7 Å². The Morgan fingerprint density at radius 2 is 1.81 bits per heavy atom. The van der Waals surface area contributed by atoms with Gasteiger partial charge in [0.05, 0.1) is 13.2 Å². The van der Waals surface area contributed by atoms with Gasteiger partial charge in [0.2, 0.25) is 5.91 Å². The lowest BCUT2D eigenvalue weighted by molar-refractivity contribution is -0.125. The number of anilines is 1. The van der Waals surface area contributed by atoms with Crippen molar-refractivity contribution in [3.05, 3.63) is 42.2 Å². The van der Waals surface area contributed by atoms with Gasteiger partial charge in [0, 0.05) is 57.6 Å². The largest absolute Gasteiger partial charge is 0.436 e. The third kappa shape index (κ3) is 5.92. The molecule has 2 fully saturated rings. The summed E-state index contributed by atoms with van der Waals surface area (Å²) in [6.07, 6.45) is 4.91. The van der Waals surface area contributed by atoms with Crippen molar-refractivity contribution in [1.82, 2.24) is 20.2 Å². The Balaban J connectivity index is 1.27. The highest BCUT2D eigenvalue weighted by Gasteiger charge is 2.27. The summed E-state index contributed by atoms with van der Waals surface area (Å²) in [6, 6.07) is 7.88. The van der Waals surface area contributed by atoms with Crippen molar-refractivity contribution in [2.75, 3.05) is 57.4 Å². The predicted octanol–water partition coefficient (Wildman–Crippen LogP) is 2.24. The molecule has 2 aromatic rings. The van der Waals surface area contributed by atoms with Gasteiger partial charge < -0.3 is 19.7 Å². The number of ether oxygens (including phenoxy) is 2. The molecule has 0 spiro atoms. The van der Waals surface area contributed by atoms with Crippen molar-refractivity contribution in [2.24, 2.45) is 5.92 Å². The highest BCUT2D eigenvalue weighted by Crippen LogP contribution is 2.31. The van der Waals surface area contributed by atoms with Crippen LogP contribution in [-0.4, -0.2) is 73.3 Å². The molecule has 1 aromatic carbocycles. The zero-order chi connectivity index (χ0) is 21.5. The van der Waals surface area contributed by atoms with Crippen LogP contribution in [0.25, 0.3) is 0 Å². The lowest BCUT2D eigenvalue weighted by atomic mass is 9.96. The Bertz CT molecular complexity index is 847. The minimum atomic E-state index is 0.0408. The number of rotatable bonds is 7. The average Bonchev–Trinajstić information content (AvgIpc) is 2.82. The number of benzene rings is 1. The summed E-state index contributed by atoms with van der Waals surface area (Å²) >= 11 is 0. The smallest absolute Gasteiger partial charge is 0.263 e. The Labute approximate surface area is 183 Å². The van der Waals surface area contributed by atoms with Crippen LogP contribution in [0.3, 0.4) is 0 Å². The van der Waals surface area contributed by atoms with Crippen molar-refractivity contribution >= 4 is 11.7 Å². The third-order valence-electron chi connectivity index (χ3n) is 5.88. The monoisotopic (exact) mass is 425 g/mol. The summed E-state index contributed by atoms with van der Waals surface area (Å²) < 4.78 is 11.4. The van der Waals surface area contributed by atoms with Crippen molar-refractivity contribution < 1.29 is 14.3 Å². The summed E-state index contributed by atoms with van der Waals surface area (Å²) in [4.78, 5) is 26.0. The van der Waals surface area contributed by atoms with E-state index in [0.717, 1.165) is 70.3 Å². The van der Waals surface area contributed by atoms with Crippen LogP contribution in [0.5, 0.6) is 11.6 Å². The number of nitrogens with zero attached hydrogens (tertiary/aromatic N) is 4. The fourth-order valence-corrected chi connectivity index (χ4v) is 3.98. The summed E-state index contributed by atoms with van der Waals surface area (Å²) in [5.74, 6) is 2.16. The second-order valence-corrected chi connectivity index (χ2v) is 8.11. The Morgan fingerprint density at radius 1 is 1.10 bits per heavy atom. The van der Waals surface area contributed by atoms with E-state index in [-0.39, 0.29) is 11.8 Å². The third-order valence-corrected chi connectivity index (χ3v) is 5.88. The van der Waals surface area contributed by atoms with E-state index in [1.165, 1.54) is 5.56 Å². The van der Waals surface area contributed by atoms with Gasteiger partial charge in [0.1, 0.15) is 5.75 Å². The van der Waals surface area contributed by atoms with Crippen LogP contribution < -0.4 is 15.0 Å². The van der Waals surface area contributed by atoms with Gasteiger partial charge in [-0.05, 0) is 31.9 Å². The van der Waals surface area contributed by atoms with Crippen LogP contribution in [0.4, 0.5) is 5.82 Å². The zero-order valence-corrected chi connectivity index (χ0v) is 18.1. The van der Waals surface area contributed by atoms with Crippen LogP contribution in [0.2, 0.25) is 0 Å². The molecule has 3 heterocycles. The summed E-state index contributed by atoms with van der Waals surface area (Å²) in [7, 11) is 0. The molecule has 2 saturated heterocycles. The van der Waals surface area contributed by atoms with Gasteiger partial charge in [0.15, 0.2) is 5.82 Å². The predicted molar refractivity (Wildman–Crippen MR) is 118 cm³/mol. The summed E-state index contributed by atoms with van der Waals surface area (Å²) in [5, 5.41) is 3.11. The molecule has 4 rings (SSSR count). The molecular weight excluding hydrogens is 394 g/mol. The van der Waals surface area contributed by atoms with Gasteiger partial charge in [-0.15, -0.1) is 0 Å². The van der Waals surface area contributed by atoms with Crippen molar-refractivity contribution in [1.29, 1.82) is 0 Å². The normalized spacial score (nSPS) is 18.0. The number of hydrogen-bond donors (Lipinski definition) is 1. The minimum Gasteiger partial charge on any atom is -0.436 e. The first-order valence-electron chi connectivity index (χ1n) is 11.1. The number of carbonyl (C=O) groups excluding carboxylic acids is 1. The molecule has 2 aliphatic heterocycles. The van der Waals surface area contributed by atoms with E-state index in [4.69, 9.17) is 9.47 Å². The number of nitrogens with one attached hydrogen (secondary N) is 1. The maximum absolute atomic E-state index is 12.6. The summed E-state index contributed by atoms with van der Waals surface area (Å²) in [5.41, 5.74) is 1.18. The molecule has 0 aliphatic carbocycles. The maximum Gasteiger partial charge on any atom is 0.263 e. The van der Waals surface area contributed by atoms with Crippen LogP contribution in [0.1, 0.15) is 18.4 Å². The Hall–Kier alpha value is -2.71. The second-order valence-electron chi connectivity index (χ2n) is 8.11. The van der Waals surface area contributed by atoms with E-state index in [2.05, 4.69) is 25.1 Å². The lowest BCUT2D eigenvalue weighted by Crippen LogP contribution is -2.44. The minimum absolute atomic E-state index is 0.0408. The van der Waals surface area contributed by atoms with Gasteiger partial charge in [-0.25, -0.2) is 9.97 Å². The van der Waals surface area contributed by atoms with E-state index >= 15 is 0 Å². The first kappa shape index (κ1) is 21.5. The van der Waals surface area contributed by atoms with E-state index < -0.39 is 0 Å². The number of carbonyl (C=O) groups is 1. The summed E-state index contributed by atoms with van der Waals surface area (Å²) in [6.45, 7) is 8.58.